The average Bonchev–Trinajstić information content (AvgIpc) is 3.00. The number of hydrogen-bond donors (Lipinski definition) is 1. The van der Waals surface area contributed by atoms with Crippen LogP contribution in [0.15, 0.2) is 53.3 Å². The average molecular weight is 433 g/mol. The summed E-state index contributed by atoms with van der Waals surface area (Å²) in [6.07, 6.45) is 0.745. The molecule has 3 rings (SSSR count). The number of carbonyl (C=O) groups is 2. The molecule has 0 unspecified atom stereocenters. The van der Waals surface area contributed by atoms with E-state index in [1.807, 2.05) is 6.92 Å². The van der Waals surface area contributed by atoms with Crippen molar-refractivity contribution >= 4 is 28.6 Å². The Kier molecular flexibility index (Phi) is 7.01. The molecule has 0 aliphatic heterocycles. The topological polar surface area (TPSA) is 91.6 Å². The third-order valence-corrected chi connectivity index (χ3v) is 4.40. The number of aryl methyl sites for hydroxylation is 1. The molecule has 31 heavy (non-hydrogen) atoms. The van der Waals surface area contributed by atoms with Crippen molar-refractivity contribution in [3.63, 3.8) is 0 Å². The van der Waals surface area contributed by atoms with Crippen molar-refractivity contribution in [2.75, 3.05) is 11.9 Å². The minimum absolute atomic E-state index is 0.0164. The number of imidazole rings is 1. The van der Waals surface area contributed by atoms with E-state index in [1.165, 1.54) is 28.8 Å². The summed E-state index contributed by atoms with van der Waals surface area (Å²) in [5, 5.41) is 2.35. The summed E-state index contributed by atoms with van der Waals surface area (Å²) in [4.78, 5) is 37.0. The zero-order valence-corrected chi connectivity index (χ0v) is 16.7. The van der Waals surface area contributed by atoms with E-state index in [-0.39, 0.29) is 23.7 Å². The van der Waals surface area contributed by atoms with Gasteiger partial charge in [-0.1, -0.05) is 31.2 Å². The molecule has 1 heterocycles. The highest BCUT2D eigenvalue weighted by molar-refractivity contribution is 5.94. The Morgan fingerprint density at radius 1 is 1.03 bits per heavy atom. The Balaban J connectivity index is 1.65. The van der Waals surface area contributed by atoms with Crippen LogP contribution in [0.4, 0.5) is 14.5 Å². The highest BCUT2D eigenvalue weighted by Crippen LogP contribution is 2.25. The summed E-state index contributed by atoms with van der Waals surface area (Å²) in [6.45, 7) is -1.62. The minimum Gasteiger partial charge on any atom is -0.454 e. The molecule has 0 fully saturated rings. The lowest BCUT2D eigenvalue weighted by molar-refractivity contribution is -0.147. The summed E-state index contributed by atoms with van der Waals surface area (Å²) in [5.74, 6) is -1.74. The maximum Gasteiger partial charge on any atom is 0.387 e. The maximum atomic E-state index is 12.7. The second-order valence-corrected chi connectivity index (χ2v) is 6.59. The number of alkyl halides is 2. The van der Waals surface area contributed by atoms with Gasteiger partial charge in [-0.15, -0.1) is 0 Å². The standard InChI is InChI=1S/C21H21F2N3O5/c1-2-11-25-15-8-4-5-9-16(15)26(21(25)29)12-19(28)30-13-18(27)24-14-7-3-6-10-17(14)31-20(22)23/h3-10,20H,2,11-13H2,1H3,(H,24,27). The molecule has 0 atom stereocenters. The summed E-state index contributed by atoms with van der Waals surface area (Å²) < 4.78 is 37.1. The van der Waals surface area contributed by atoms with E-state index < -0.39 is 25.1 Å². The van der Waals surface area contributed by atoms with E-state index in [0.29, 0.717) is 17.6 Å². The SMILES string of the molecule is CCCn1c(=O)n(CC(=O)OCC(=O)Nc2ccccc2OC(F)F)c2ccccc21. The number of fused-ring (bicyclic) bond motifs is 1. The first-order chi connectivity index (χ1) is 14.9. The molecule has 2 aromatic carbocycles. The van der Waals surface area contributed by atoms with Gasteiger partial charge in [0.1, 0.15) is 12.3 Å². The first-order valence-corrected chi connectivity index (χ1v) is 9.58. The van der Waals surface area contributed by atoms with Crippen LogP contribution in [0.3, 0.4) is 0 Å². The zero-order chi connectivity index (χ0) is 22.4. The number of anilines is 1. The van der Waals surface area contributed by atoms with Crippen LogP contribution in [0.5, 0.6) is 5.75 Å². The van der Waals surface area contributed by atoms with Crippen LogP contribution in [0.1, 0.15) is 13.3 Å². The third-order valence-electron chi connectivity index (χ3n) is 4.40. The molecule has 0 radical (unpaired) electrons. The number of halogens is 2. The zero-order valence-electron chi connectivity index (χ0n) is 16.7. The number of nitrogens with one attached hydrogen (secondary N) is 1. The molecule has 3 aromatic rings. The normalized spacial score (nSPS) is 11.0. The van der Waals surface area contributed by atoms with Gasteiger partial charge in [0, 0.05) is 6.54 Å². The van der Waals surface area contributed by atoms with Gasteiger partial charge in [-0.25, -0.2) is 4.79 Å². The quantitative estimate of drug-likeness (QED) is 0.524. The third kappa shape index (κ3) is 5.27. The van der Waals surface area contributed by atoms with Gasteiger partial charge in [-0.05, 0) is 30.7 Å². The Morgan fingerprint density at radius 3 is 2.35 bits per heavy atom. The lowest BCUT2D eigenvalue weighted by Gasteiger charge is -2.11. The van der Waals surface area contributed by atoms with E-state index in [0.717, 1.165) is 6.42 Å². The lowest BCUT2D eigenvalue weighted by atomic mass is 10.3. The molecular weight excluding hydrogens is 412 g/mol. The van der Waals surface area contributed by atoms with E-state index in [4.69, 9.17) is 4.74 Å². The Morgan fingerprint density at radius 2 is 1.68 bits per heavy atom. The van der Waals surface area contributed by atoms with Gasteiger partial charge in [0.15, 0.2) is 6.61 Å². The van der Waals surface area contributed by atoms with Crippen molar-refractivity contribution in [2.45, 2.75) is 33.0 Å². The van der Waals surface area contributed by atoms with Crippen molar-refractivity contribution in [1.82, 2.24) is 9.13 Å². The number of para-hydroxylation sites is 4. The number of rotatable bonds is 9. The van der Waals surface area contributed by atoms with Crippen LogP contribution in [-0.4, -0.2) is 34.2 Å². The van der Waals surface area contributed by atoms with Crippen LogP contribution in [-0.2, 0) is 27.4 Å². The van der Waals surface area contributed by atoms with Crippen LogP contribution in [0.25, 0.3) is 11.0 Å². The fraction of sp³-hybridized carbons (Fsp3) is 0.286. The van der Waals surface area contributed by atoms with E-state index in [1.54, 1.807) is 28.8 Å². The number of amides is 1. The lowest BCUT2D eigenvalue weighted by Crippen LogP contribution is -2.29. The maximum absolute atomic E-state index is 12.7. The molecule has 1 amide bonds. The highest BCUT2D eigenvalue weighted by Gasteiger charge is 2.17. The minimum atomic E-state index is -3.05. The molecule has 0 aliphatic carbocycles. The number of ether oxygens (including phenoxy) is 2. The van der Waals surface area contributed by atoms with Crippen molar-refractivity contribution in [3.05, 3.63) is 59.0 Å². The fourth-order valence-electron chi connectivity index (χ4n) is 3.14. The number of benzene rings is 2. The van der Waals surface area contributed by atoms with Gasteiger partial charge in [-0.3, -0.25) is 18.7 Å². The molecule has 1 aromatic heterocycles. The molecule has 0 saturated heterocycles. The summed E-state index contributed by atoms with van der Waals surface area (Å²) >= 11 is 0. The van der Waals surface area contributed by atoms with Crippen molar-refractivity contribution in [1.29, 1.82) is 0 Å². The van der Waals surface area contributed by atoms with E-state index >= 15 is 0 Å². The summed E-state index contributed by atoms with van der Waals surface area (Å²) in [7, 11) is 0. The molecule has 0 aliphatic rings. The van der Waals surface area contributed by atoms with Crippen LogP contribution in [0, 0.1) is 0 Å². The first kappa shape index (κ1) is 22.0. The monoisotopic (exact) mass is 433 g/mol. The second kappa shape index (κ2) is 9.88. The number of aromatic nitrogens is 2. The Labute approximate surface area is 176 Å². The van der Waals surface area contributed by atoms with E-state index in [2.05, 4.69) is 10.1 Å². The smallest absolute Gasteiger partial charge is 0.387 e. The molecule has 0 bridgehead atoms. The largest absolute Gasteiger partial charge is 0.454 e. The van der Waals surface area contributed by atoms with Gasteiger partial charge in [0.25, 0.3) is 5.91 Å². The van der Waals surface area contributed by atoms with Gasteiger partial charge < -0.3 is 14.8 Å². The molecule has 10 heteroatoms. The summed E-state index contributed by atoms with van der Waals surface area (Å²) in [6, 6.07) is 12.7. The summed E-state index contributed by atoms with van der Waals surface area (Å²) in [5.41, 5.74) is 0.959. The van der Waals surface area contributed by atoms with Crippen molar-refractivity contribution < 1.29 is 27.8 Å². The number of esters is 1. The molecular formula is C21H21F2N3O5. The predicted octanol–water partition coefficient (Wildman–Crippen LogP) is 3.00. The molecule has 0 spiro atoms. The highest BCUT2D eigenvalue weighted by atomic mass is 19.3. The Hall–Kier alpha value is -3.69. The predicted molar refractivity (Wildman–Crippen MR) is 109 cm³/mol. The second-order valence-electron chi connectivity index (χ2n) is 6.59. The Bertz CT molecular complexity index is 1140. The van der Waals surface area contributed by atoms with Gasteiger partial charge in [0.2, 0.25) is 0 Å². The van der Waals surface area contributed by atoms with Crippen LogP contribution in [0.2, 0.25) is 0 Å². The number of carbonyl (C=O) groups excluding carboxylic acids is 2. The first-order valence-electron chi connectivity index (χ1n) is 9.58. The van der Waals surface area contributed by atoms with Crippen molar-refractivity contribution in [2.24, 2.45) is 0 Å². The van der Waals surface area contributed by atoms with Gasteiger partial charge >= 0.3 is 18.3 Å². The number of hydrogen-bond acceptors (Lipinski definition) is 5. The van der Waals surface area contributed by atoms with E-state index in [9.17, 15) is 23.2 Å². The van der Waals surface area contributed by atoms with Crippen LogP contribution < -0.4 is 15.7 Å². The van der Waals surface area contributed by atoms with Gasteiger partial charge in [-0.2, -0.15) is 8.78 Å². The van der Waals surface area contributed by atoms with Crippen molar-refractivity contribution in [3.8, 4) is 5.75 Å². The number of nitrogens with zero attached hydrogens (tertiary/aromatic N) is 2. The molecule has 0 saturated carbocycles. The fourth-order valence-corrected chi connectivity index (χ4v) is 3.14. The van der Waals surface area contributed by atoms with Gasteiger partial charge in [0.05, 0.1) is 16.7 Å². The van der Waals surface area contributed by atoms with Crippen LogP contribution >= 0.6 is 0 Å². The molecule has 8 nitrogen and oxygen atoms in total. The molecule has 1 N–H and O–H groups in total. The molecule has 164 valence electrons.